The van der Waals surface area contributed by atoms with Crippen LogP contribution < -0.4 is 0 Å². The molecule has 0 amide bonds. The van der Waals surface area contributed by atoms with Gasteiger partial charge in [0.2, 0.25) is 5.37 Å². The lowest BCUT2D eigenvalue weighted by atomic mass is 10.4. The Hall–Kier alpha value is -0.970. The normalized spacial score (nSPS) is 28.6. The Morgan fingerprint density at radius 2 is 2.60 bits per heavy atom. The molecule has 0 spiro atoms. The van der Waals surface area contributed by atoms with Crippen LogP contribution in [0.1, 0.15) is 0 Å². The molecular weight excluding hydrogens is 150 g/mol. The molecule has 2 aliphatic rings. The number of fused-ring (bicyclic) bond motifs is 1. The lowest BCUT2D eigenvalue weighted by molar-refractivity contribution is -0.428. The minimum absolute atomic E-state index is 0.183. The average Bonchev–Trinajstić information content (AvgIpc) is 2.36. The molecule has 0 aromatic heterocycles. The Kier molecular flexibility index (Phi) is 1.17. The van der Waals surface area contributed by atoms with Crippen LogP contribution in [0.3, 0.4) is 0 Å². The SMILES string of the molecule is O=[N+]1C=NC=C2N=CSC21. The molecular formula is C5H4N3OS+. The van der Waals surface area contributed by atoms with E-state index in [1.165, 1.54) is 18.1 Å². The molecule has 0 aromatic rings. The van der Waals surface area contributed by atoms with Gasteiger partial charge < -0.3 is 0 Å². The van der Waals surface area contributed by atoms with Crippen molar-refractivity contribution < 1.29 is 4.76 Å². The van der Waals surface area contributed by atoms with E-state index < -0.39 is 0 Å². The third-order valence-electron chi connectivity index (χ3n) is 1.26. The Labute approximate surface area is 61.3 Å². The van der Waals surface area contributed by atoms with E-state index in [9.17, 15) is 4.91 Å². The summed E-state index contributed by atoms with van der Waals surface area (Å²) in [6, 6.07) is 0. The Balaban J connectivity index is 2.40. The molecule has 1 atom stereocenters. The van der Waals surface area contributed by atoms with E-state index in [2.05, 4.69) is 9.98 Å². The highest BCUT2D eigenvalue weighted by molar-refractivity contribution is 8.12. The van der Waals surface area contributed by atoms with Crippen molar-refractivity contribution in [1.29, 1.82) is 0 Å². The first-order chi connectivity index (χ1) is 4.88. The van der Waals surface area contributed by atoms with Crippen LogP contribution >= 0.6 is 11.8 Å². The molecule has 0 radical (unpaired) electrons. The topological polar surface area (TPSA) is 44.8 Å². The summed E-state index contributed by atoms with van der Waals surface area (Å²) in [5, 5.41) is -0.183. The summed E-state index contributed by atoms with van der Waals surface area (Å²) >= 11 is 1.40. The summed E-state index contributed by atoms with van der Waals surface area (Å²) in [5.41, 5.74) is 2.40. The summed E-state index contributed by atoms with van der Waals surface area (Å²) in [5.74, 6) is 0. The van der Waals surface area contributed by atoms with Gasteiger partial charge in [-0.2, -0.15) is 0 Å². The van der Waals surface area contributed by atoms with Crippen LogP contribution in [-0.4, -0.2) is 22.0 Å². The number of aliphatic imine (C=N–C) groups is 2. The Morgan fingerprint density at radius 3 is 3.40 bits per heavy atom. The van der Waals surface area contributed by atoms with Crippen molar-refractivity contribution in [2.75, 3.05) is 0 Å². The number of rotatable bonds is 0. The van der Waals surface area contributed by atoms with Crippen LogP contribution in [0.25, 0.3) is 0 Å². The lowest BCUT2D eigenvalue weighted by Crippen LogP contribution is -2.20. The van der Waals surface area contributed by atoms with Gasteiger partial charge in [0.05, 0.1) is 5.55 Å². The first kappa shape index (κ1) is 5.79. The van der Waals surface area contributed by atoms with E-state index in [1.54, 1.807) is 11.7 Å². The molecule has 10 heavy (non-hydrogen) atoms. The molecule has 2 rings (SSSR count). The fourth-order valence-electron chi connectivity index (χ4n) is 0.806. The molecule has 0 saturated heterocycles. The van der Waals surface area contributed by atoms with E-state index in [0.29, 0.717) is 0 Å². The molecule has 4 nitrogen and oxygen atoms in total. The van der Waals surface area contributed by atoms with Crippen molar-refractivity contribution in [2.45, 2.75) is 5.37 Å². The van der Waals surface area contributed by atoms with Crippen LogP contribution in [0.15, 0.2) is 21.9 Å². The first-order valence-electron chi connectivity index (χ1n) is 2.75. The lowest BCUT2D eigenvalue weighted by Gasteiger charge is -2.00. The number of hydrogen-bond acceptors (Lipinski definition) is 4. The molecule has 0 aromatic carbocycles. The fraction of sp³-hybridized carbons (Fsp3) is 0.200. The standard InChI is InChI=1S/C5H4N3OS/c9-8-2-6-1-4-5(8)10-3-7-4/h1-3,5H/q+1. The maximum absolute atomic E-state index is 10.9. The minimum atomic E-state index is -0.183. The first-order valence-corrected chi connectivity index (χ1v) is 3.69. The highest BCUT2D eigenvalue weighted by Crippen LogP contribution is 2.26. The van der Waals surface area contributed by atoms with Crippen molar-refractivity contribution in [1.82, 2.24) is 0 Å². The van der Waals surface area contributed by atoms with E-state index in [1.807, 2.05) is 0 Å². The fourth-order valence-corrected chi connectivity index (χ4v) is 1.54. The average molecular weight is 154 g/mol. The second kappa shape index (κ2) is 2.02. The predicted octanol–water partition coefficient (Wildman–Crippen LogP) is 0.750. The van der Waals surface area contributed by atoms with Gasteiger partial charge in [-0.1, -0.05) is 21.7 Å². The molecule has 1 unspecified atom stereocenters. The van der Waals surface area contributed by atoms with Crippen molar-refractivity contribution in [3.63, 3.8) is 0 Å². The third kappa shape index (κ3) is 0.706. The van der Waals surface area contributed by atoms with E-state index >= 15 is 0 Å². The molecule has 5 heteroatoms. The summed E-state index contributed by atoms with van der Waals surface area (Å²) < 4.78 is 0.799. The van der Waals surface area contributed by atoms with E-state index in [4.69, 9.17) is 0 Å². The van der Waals surface area contributed by atoms with Gasteiger partial charge in [0.25, 0.3) is 0 Å². The molecule has 0 aliphatic carbocycles. The zero-order valence-electron chi connectivity index (χ0n) is 4.97. The van der Waals surface area contributed by atoms with Crippen LogP contribution in [0.2, 0.25) is 0 Å². The predicted molar refractivity (Wildman–Crippen MR) is 40.1 cm³/mol. The number of nitroso groups, excluding NO2 is 1. The van der Waals surface area contributed by atoms with Gasteiger partial charge in [0.1, 0.15) is 5.70 Å². The molecule has 0 fully saturated rings. The van der Waals surface area contributed by atoms with Gasteiger partial charge >= 0.3 is 6.34 Å². The number of hydrogen-bond donors (Lipinski definition) is 0. The summed E-state index contributed by atoms with van der Waals surface area (Å²) in [4.78, 5) is 18.6. The van der Waals surface area contributed by atoms with Gasteiger partial charge in [0, 0.05) is 0 Å². The highest BCUT2D eigenvalue weighted by atomic mass is 32.2. The van der Waals surface area contributed by atoms with Crippen LogP contribution in [0.4, 0.5) is 0 Å². The zero-order valence-corrected chi connectivity index (χ0v) is 5.78. The Morgan fingerprint density at radius 1 is 1.70 bits per heavy atom. The van der Waals surface area contributed by atoms with Crippen LogP contribution in [0.5, 0.6) is 0 Å². The number of thioether (sulfide) groups is 1. The van der Waals surface area contributed by atoms with Gasteiger partial charge in [-0.05, 0) is 4.76 Å². The molecule has 0 N–H and O–H groups in total. The zero-order chi connectivity index (χ0) is 6.97. The molecule has 0 bridgehead atoms. The van der Waals surface area contributed by atoms with Crippen molar-refractivity contribution in [3.8, 4) is 0 Å². The van der Waals surface area contributed by atoms with Gasteiger partial charge in [-0.15, -0.1) is 0 Å². The van der Waals surface area contributed by atoms with Gasteiger partial charge in [-0.3, -0.25) is 0 Å². The van der Waals surface area contributed by atoms with E-state index in [-0.39, 0.29) is 5.37 Å². The van der Waals surface area contributed by atoms with Crippen molar-refractivity contribution in [3.05, 3.63) is 16.8 Å². The second-order valence-corrected chi connectivity index (χ2v) is 2.83. The number of nitrogens with zero attached hydrogens (tertiary/aromatic N) is 3. The maximum Gasteiger partial charge on any atom is 0.326 e. The largest absolute Gasteiger partial charge is 0.326 e. The maximum atomic E-state index is 10.9. The van der Waals surface area contributed by atoms with Crippen molar-refractivity contribution in [2.24, 2.45) is 9.98 Å². The smallest absolute Gasteiger partial charge is 0.245 e. The monoisotopic (exact) mass is 154 g/mol. The third-order valence-corrected chi connectivity index (χ3v) is 2.20. The van der Waals surface area contributed by atoms with Crippen LogP contribution in [-0.2, 0) is 0 Å². The minimum Gasteiger partial charge on any atom is -0.245 e. The summed E-state index contributed by atoms with van der Waals surface area (Å²) in [7, 11) is 0. The quantitative estimate of drug-likeness (QED) is 0.483. The summed E-state index contributed by atoms with van der Waals surface area (Å²) in [6.07, 6.45) is 2.87. The van der Waals surface area contributed by atoms with Crippen LogP contribution in [0, 0.1) is 4.91 Å². The molecule has 0 saturated carbocycles. The second-order valence-electron chi connectivity index (χ2n) is 1.90. The molecule has 2 heterocycles. The van der Waals surface area contributed by atoms with Gasteiger partial charge in [-0.25, -0.2) is 4.99 Å². The molecule has 50 valence electrons. The van der Waals surface area contributed by atoms with Crippen molar-refractivity contribution >= 4 is 23.6 Å². The highest BCUT2D eigenvalue weighted by Gasteiger charge is 2.31. The Bertz CT molecular complexity index is 268. The summed E-state index contributed by atoms with van der Waals surface area (Å²) in [6.45, 7) is 0. The van der Waals surface area contributed by atoms with E-state index in [0.717, 1.165) is 10.5 Å². The van der Waals surface area contributed by atoms with Gasteiger partial charge in [0.15, 0.2) is 6.20 Å². The molecule has 2 aliphatic heterocycles.